The summed E-state index contributed by atoms with van der Waals surface area (Å²) in [6.07, 6.45) is 0. The Labute approximate surface area is 145 Å². The molecule has 1 rings (SSSR count). The van der Waals surface area contributed by atoms with Crippen LogP contribution in [0, 0.1) is 0 Å². The summed E-state index contributed by atoms with van der Waals surface area (Å²) in [5.41, 5.74) is 1.20. The molecule has 0 heterocycles. The average Bonchev–Trinajstić information content (AvgIpc) is 2.47. The van der Waals surface area contributed by atoms with Gasteiger partial charge in [0, 0.05) is 13.7 Å². The fourth-order valence-corrected chi connectivity index (χ4v) is 2.00. The summed E-state index contributed by atoms with van der Waals surface area (Å²) in [6, 6.07) is 8.02. The molecule has 0 spiro atoms. The van der Waals surface area contributed by atoms with Crippen molar-refractivity contribution in [3.63, 3.8) is 0 Å². The summed E-state index contributed by atoms with van der Waals surface area (Å²) >= 11 is 0. The van der Waals surface area contributed by atoms with Gasteiger partial charge >= 0.3 is 0 Å². The molecular formula is C17H29ClN2O3. The molecule has 0 radical (unpaired) electrons. The molecular weight excluding hydrogens is 316 g/mol. The Bertz CT molecular complexity index is 461. The van der Waals surface area contributed by atoms with Crippen LogP contribution in [-0.4, -0.2) is 45.9 Å². The van der Waals surface area contributed by atoms with Crippen molar-refractivity contribution in [3.05, 3.63) is 29.8 Å². The van der Waals surface area contributed by atoms with Crippen molar-refractivity contribution in [3.8, 4) is 5.75 Å². The van der Waals surface area contributed by atoms with Gasteiger partial charge in [0.25, 0.3) is 0 Å². The molecule has 0 unspecified atom stereocenters. The minimum absolute atomic E-state index is 0. The predicted octanol–water partition coefficient (Wildman–Crippen LogP) is 2.14. The van der Waals surface area contributed by atoms with Gasteiger partial charge in [-0.05, 0) is 17.0 Å². The molecule has 1 aromatic carbocycles. The summed E-state index contributed by atoms with van der Waals surface area (Å²) in [5, 5.41) is 5.82. The highest BCUT2D eigenvalue weighted by Crippen LogP contribution is 2.30. The SMILES string of the molecule is COCCNCC(=O)NCCOc1ccccc1C(C)(C)C.Cl. The third-order valence-electron chi connectivity index (χ3n) is 3.15. The maximum Gasteiger partial charge on any atom is 0.234 e. The fourth-order valence-electron chi connectivity index (χ4n) is 2.00. The second-order valence-corrected chi connectivity index (χ2v) is 6.11. The number of carbonyl (C=O) groups excluding carboxylic acids is 1. The molecule has 0 atom stereocenters. The summed E-state index contributed by atoms with van der Waals surface area (Å²) in [5.74, 6) is 0.839. The Morgan fingerprint density at radius 1 is 1.13 bits per heavy atom. The van der Waals surface area contributed by atoms with E-state index in [-0.39, 0.29) is 23.7 Å². The lowest BCUT2D eigenvalue weighted by molar-refractivity contribution is -0.120. The lowest BCUT2D eigenvalue weighted by atomic mass is 9.86. The van der Waals surface area contributed by atoms with Gasteiger partial charge in [0.1, 0.15) is 12.4 Å². The van der Waals surface area contributed by atoms with Crippen molar-refractivity contribution in [1.29, 1.82) is 0 Å². The summed E-state index contributed by atoms with van der Waals surface area (Å²) in [7, 11) is 1.63. The highest BCUT2D eigenvalue weighted by atomic mass is 35.5. The first kappa shape index (κ1) is 21.7. The van der Waals surface area contributed by atoms with Crippen LogP contribution < -0.4 is 15.4 Å². The normalized spacial score (nSPS) is 10.8. The highest BCUT2D eigenvalue weighted by molar-refractivity contribution is 5.85. The molecule has 0 saturated carbocycles. The minimum atomic E-state index is -0.0381. The number of halogens is 1. The molecule has 0 aliphatic rings. The van der Waals surface area contributed by atoms with E-state index in [1.165, 1.54) is 5.56 Å². The number of benzene rings is 1. The van der Waals surface area contributed by atoms with E-state index in [2.05, 4.69) is 37.5 Å². The van der Waals surface area contributed by atoms with Crippen LogP contribution >= 0.6 is 12.4 Å². The smallest absolute Gasteiger partial charge is 0.234 e. The molecule has 6 heteroatoms. The van der Waals surface area contributed by atoms with E-state index in [1.54, 1.807) is 7.11 Å². The number of hydrogen-bond donors (Lipinski definition) is 2. The number of methoxy groups -OCH3 is 1. The first-order valence-corrected chi connectivity index (χ1v) is 7.64. The molecule has 0 saturated heterocycles. The zero-order chi connectivity index (χ0) is 16.4. The van der Waals surface area contributed by atoms with E-state index in [4.69, 9.17) is 9.47 Å². The van der Waals surface area contributed by atoms with E-state index in [0.717, 1.165) is 5.75 Å². The van der Waals surface area contributed by atoms with Gasteiger partial charge in [-0.1, -0.05) is 39.0 Å². The topological polar surface area (TPSA) is 59.6 Å². The first-order valence-electron chi connectivity index (χ1n) is 7.64. The third-order valence-corrected chi connectivity index (χ3v) is 3.15. The van der Waals surface area contributed by atoms with E-state index in [9.17, 15) is 4.79 Å². The van der Waals surface area contributed by atoms with Gasteiger partial charge in [0.2, 0.25) is 5.91 Å². The zero-order valence-corrected chi connectivity index (χ0v) is 15.3. The Hall–Kier alpha value is -1.30. The van der Waals surface area contributed by atoms with Crippen molar-refractivity contribution in [2.75, 3.05) is 40.0 Å². The lowest BCUT2D eigenvalue weighted by Crippen LogP contribution is -2.37. The van der Waals surface area contributed by atoms with Gasteiger partial charge in [0.15, 0.2) is 0 Å². The van der Waals surface area contributed by atoms with Crippen LogP contribution in [0.2, 0.25) is 0 Å². The Balaban J connectivity index is 0.00000484. The number of nitrogens with one attached hydrogen (secondary N) is 2. The maximum absolute atomic E-state index is 11.6. The number of carbonyl (C=O) groups is 1. The number of ether oxygens (including phenoxy) is 2. The predicted molar refractivity (Wildman–Crippen MR) is 95.6 cm³/mol. The van der Waals surface area contributed by atoms with Crippen LogP contribution in [0.5, 0.6) is 5.75 Å². The second-order valence-electron chi connectivity index (χ2n) is 6.11. The van der Waals surface area contributed by atoms with E-state index < -0.39 is 0 Å². The number of para-hydroxylation sites is 1. The Kier molecular flexibility index (Phi) is 10.6. The quantitative estimate of drug-likeness (QED) is 0.674. The number of hydrogen-bond acceptors (Lipinski definition) is 4. The van der Waals surface area contributed by atoms with Crippen molar-refractivity contribution >= 4 is 18.3 Å². The third kappa shape index (κ3) is 8.79. The second kappa shape index (κ2) is 11.3. The van der Waals surface area contributed by atoms with Gasteiger partial charge in [-0.25, -0.2) is 0 Å². The number of amides is 1. The molecule has 0 aromatic heterocycles. The average molecular weight is 345 g/mol. The fraction of sp³-hybridized carbons (Fsp3) is 0.588. The zero-order valence-electron chi connectivity index (χ0n) is 14.5. The lowest BCUT2D eigenvalue weighted by Gasteiger charge is -2.22. The molecule has 0 aliphatic heterocycles. The molecule has 2 N–H and O–H groups in total. The molecule has 1 amide bonds. The molecule has 23 heavy (non-hydrogen) atoms. The van der Waals surface area contributed by atoms with Gasteiger partial charge in [-0.2, -0.15) is 0 Å². The van der Waals surface area contributed by atoms with Gasteiger partial charge in [-0.15, -0.1) is 12.4 Å². The molecule has 5 nitrogen and oxygen atoms in total. The summed E-state index contributed by atoms with van der Waals surface area (Å²) in [4.78, 5) is 11.6. The number of rotatable bonds is 9. The van der Waals surface area contributed by atoms with Crippen LogP contribution in [0.15, 0.2) is 24.3 Å². The van der Waals surface area contributed by atoms with Gasteiger partial charge < -0.3 is 20.1 Å². The van der Waals surface area contributed by atoms with Crippen LogP contribution in [0.25, 0.3) is 0 Å². The van der Waals surface area contributed by atoms with Crippen molar-refractivity contribution in [2.24, 2.45) is 0 Å². The molecule has 0 aliphatic carbocycles. The monoisotopic (exact) mass is 344 g/mol. The summed E-state index contributed by atoms with van der Waals surface area (Å²) < 4.78 is 10.7. The highest BCUT2D eigenvalue weighted by Gasteiger charge is 2.18. The summed E-state index contributed by atoms with van der Waals surface area (Å²) in [6.45, 7) is 8.97. The standard InChI is InChI=1S/C17H28N2O3.ClH/c1-17(2,3)14-7-5-6-8-15(14)22-12-10-19-16(20)13-18-9-11-21-4;/h5-8,18H,9-13H2,1-4H3,(H,19,20);1H. The van der Waals surface area contributed by atoms with Crippen LogP contribution in [0.3, 0.4) is 0 Å². The van der Waals surface area contributed by atoms with Crippen LogP contribution in [-0.2, 0) is 14.9 Å². The maximum atomic E-state index is 11.6. The molecule has 1 aromatic rings. The van der Waals surface area contributed by atoms with E-state index in [1.807, 2.05) is 18.2 Å². The molecule has 0 bridgehead atoms. The molecule has 0 fully saturated rings. The van der Waals surface area contributed by atoms with Crippen molar-refractivity contribution in [1.82, 2.24) is 10.6 Å². The Morgan fingerprint density at radius 2 is 1.83 bits per heavy atom. The minimum Gasteiger partial charge on any atom is -0.491 e. The van der Waals surface area contributed by atoms with Crippen LogP contribution in [0.4, 0.5) is 0 Å². The van der Waals surface area contributed by atoms with E-state index >= 15 is 0 Å². The van der Waals surface area contributed by atoms with Gasteiger partial charge in [0.05, 0.1) is 19.7 Å². The van der Waals surface area contributed by atoms with Crippen molar-refractivity contribution in [2.45, 2.75) is 26.2 Å². The van der Waals surface area contributed by atoms with Crippen molar-refractivity contribution < 1.29 is 14.3 Å². The van der Waals surface area contributed by atoms with Crippen LogP contribution in [0.1, 0.15) is 26.3 Å². The Morgan fingerprint density at radius 3 is 2.48 bits per heavy atom. The van der Waals surface area contributed by atoms with E-state index in [0.29, 0.717) is 32.8 Å². The van der Waals surface area contributed by atoms with Gasteiger partial charge in [-0.3, -0.25) is 4.79 Å². The largest absolute Gasteiger partial charge is 0.491 e. The first-order chi connectivity index (χ1) is 10.4. The molecule has 132 valence electrons.